The Balaban J connectivity index is 1.50. The van der Waals surface area contributed by atoms with Crippen molar-refractivity contribution in [1.82, 2.24) is 15.2 Å². The van der Waals surface area contributed by atoms with Crippen LogP contribution < -0.4 is 5.32 Å². The van der Waals surface area contributed by atoms with Gasteiger partial charge in [0.1, 0.15) is 0 Å². The number of H-pyrrole nitrogens is 1. The smallest absolute Gasteiger partial charge is 0.253 e. The van der Waals surface area contributed by atoms with Crippen molar-refractivity contribution in [2.75, 3.05) is 19.7 Å². The number of aryl methyl sites for hydroxylation is 1. The summed E-state index contributed by atoms with van der Waals surface area (Å²) in [5, 5.41) is 3.28. The quantitative estimate of drug-likeness (QED) is 0.882. The summed E-state index contributed by atoms with van der Waals surface area (Å²) in [7, 11) is 0. The lowest BCUT2D eigenvalue weighted by Crippen LogP contribution is -2.70. The van der Waals surface area contributed by atoms with Crippen molar-refractivity contribution in [1.29, 1.82) is 0 Å². The summed E-state index contributed by atoms with van der Waals surface area (Å²) in [6.07, 6.45) is 5.77. The van der Waals surface area contributed by atoms with Gasteiger partial charge in [-0.1, -0.05) is 0 Å². The molecule has 1 aromatic heterocycles. The van der Waals surface area contributed by atoms with Crippen molar-refractivity contribution in [2.24, 2.45) is 5.92 Å². The van der Waals surface area contributed by atoms with Crippen molar-refractivity contribution < 1.29 is 9.53 Å². The number of ether oxygens (including phenoxy) is 1. The van der Waals surface area contributed by atoms with Gasteiger partial charge in [0.15, 0.2) is 0 Å². The van der Waals surface area contributed by atoms with E-state index >= 15 is 0 Å². The summed E-state index contributed by atoms with van der Waals surface area (Å²) in [4.78, 5) is 18.1. The Morgan fingerprint density at radius 3 is 2.95 bits per heavy atom. The molecule has 5 nitrogen and oxygen atoms in total. The predicted molar refractivity (Wildman–Crippen MR) is 79.2 cm³/mol. The number of amides is 1. The molecule has 2 aliphatic heterocycles. The second kappa shape index (κ2) is 5.14. The number of nitrogens with zero attached hydrogens (tertiary/aromatic N) is 1. The first-order valence-corrected chi connectivity index (χ1v) is 8.06. The highest BCUT2D eigenvalue weighted by Gasteiger charge is 2.56. The van der Waals surface area contributed by atoms with Gasteiger partial charge in [-0.2, -0.15) is 0 Å². The maximum atomic E-state index is 12.5. The molecule has 4 atom stereocenters. The van der Waals surface area contributed by atoms with Crippen LogP contribution >= 0.6 is 0 Å². The summed E-state index contributed by atoms with van der Waals surface area (Å²) < 4.78 is 5.90. The fourth-order valence-electron chi connectivity index (χ4n) is 4.27. The van der Waals surface area contributed by atoms with Crippen molar-refractivity contribution in [3.63, 3.8) is 0 Å². The van der Waals surface area contributed by atoms with Gasteiger partial charge in [-0.25, -0.2) is 0 Å². The summed E-state index contributed by atoms with van der Waals surface area (Å²) >= 11 is 0. The molecule has 0 aromatic carbocycles. The Morgan fingerprint density at radius 1 is 1.43 bits per heavy atom. The molecule has 2 N–H and O–H groups in total. The van der Waals surface area contributed by atoms with Gasteiger partial charge in [-0.05, 0) is 45.3 Å². The van der Waals surface area contributed by atoms with Crippen LogP contribution in [0.25, 0.3) is 0 Å². The van der Waals surface area contributed by atoms with E-state index in [1.54, 1.807) is 0 Å². The maximum absolute atomic E-state index is 12.5. The summed E-state index contributed by atoms with van der Waals surface area (Å²) in [6, 6.07) is 2.48. The molecule has 114 valence electrons. The third kappa shape index (κ3) is 2.10. The van der Waals surface area contributed by atoms with E-state index in [1.165, 1.54) is 12.8 Å². The molecule has 0 unspecified atom stereocenters. The molecule has 4 rings (SSSR count). The van der Waals surface area contributed by atoms with Crippen LogP contribution in [0.1, 0.15) is 35.3 Å². The Labute approximate surface area is 125 Å². The third-order valence-electron chi connectivity index (χ3n) is 5.41. The molecule has 1 aliphatic carbocycles. The normalized spacial score (nSPS) is 35.5. The predicted octanol–water partition coefficient (Wildman–Crippen LogP) is 1.30. The molecule has 21 heavy (non-hydrogen) atoms. The zero-order chi connectivity index (χ0) is 14.4. The fourth-order valence-corrected chi connectivity index (χ4v) is 4.27. The molecule has 1 aromatic rings. The number of hydrogen-bond acceptors (Lipinski definition) is 3. The number of nitrogens with one attached hydrogen (secondary N) is 2. The van der Waals surface area contributed by atoms with Crippen molar-refractivity contribution in [2.45, 2.75) is 44.4 Å². The first-order valence-electron chi connectivity index (χ1n) is 8.06. The molecule has 2 saturated heterocycles. The van der Waals surface area contributed by atoms with Crippen LogP contribution in [-0.4, -0.2) is 53.7 Å². The molecule has 0 spiro atoms. The minimum absolute atomic E-state index is 0.0493. The van der Waals surface area contributed by atoms with Crippen molar-refractivity contribution >= 4 is 5.91 Å². The average molecular weight is 289 g/mol. The Bertz CT molecular complexity index is 531. The number of rotatable bonds is 3. The first kappa shape index (κ1) is 13.3. The van der Waals surface area contributed by atoms with Gasteiger partial charge in [-0.15, -0.1) is 0 Å². The van der Waals surface area contributed by atoms with Crippen LogP contribution in [-0.2, 0) is 4.74 Å². The molecule has 1 amide bonds. The Kier molecular flexibility index (Phi) is 3.27. The van der Waals surface area contributed by atoms with Gasteiger partial charge in [0.05, 0.1) is 23.8 Å². The molecule has 1 saturated carbocycles. The molecular weight excluding hydrogens is 266 g/mol. The van der Waals surface area contributed by atoms with Crippen LogP contribution in [0.15, 0.2) is 12.3 Å². The van der Waals surface area contributed by atoms with E-state index in [0.29, 0.717) is 18.1 Å². The van der Waals surface area contributed by atoms with Crippen LogP contribution in [0.5, 0.6) is 0 Å². The summed E-state index contributed by atoms with van der Waals surface area (Å²) in [6.45, 7) is 5.07. The maximum Gasteiger partial charge on any atom is 0.253 e. The highest BCUT2D eigenvalue weighted by molar-refractivity contribution is 5.95. The van der Waals surface area contributed by atoms with E-state index in [4.69, 9.17) is 4.74 Å². The molecule has 0 radical (unpaired) electrons. The molecular formula is C16H23N3O2. The molecule has 3 aliphatic rings. The van der Waals surface area contributed by atoms with E-state index in [0.717, 1.165) is 37.4 Å². The zero-order valence-corrected chi connectivity index (χ0v) is 12.5. The Hall–Kier alpha value is -1.33. The van der Waals surface area contributed by atoms with Gasteiger partial charge in [0.25, 0.3) is 5.91 Å². The second-order valence-corrected chi connectivity index (χ2v) is 6.54. The highest BCUT2D eigenvalue weighted by Crippen LogP contribution is 2.42. The van der Waals surface area contributed by atoms with Crippen LogP contribution in [0.4, 0.5) is 0 Å². The molecule has 3 fully saturated rings. The van der Waals surface area contributed by atoms with Crippen LogP contribution in [0, 0.1) is 12.8 Å². The van der Waals surface area contributed by atoms with Gasteiger partial charge in [0, 0.05) is 24.4 Å². The standard InChI is InChI=1S/C16H23N3O2/c1-10-11(4-6-17-10)16(20)18-13-12-5-9-21-15(12)14(13)19-7-2-3-8-19/h4,6,12-15,17H,2-3,5,7-9H2,1H3,(H,18,20)/t12-,13+,14-,15-/m1/s1. The number of likely N-dealkylation sites (tertiary alicyclic amines) is 1. The SMILES string of the molecule is Cc1[nH]ccc1C(=O)N[C@H]1[C@H]2CCO[C@H]2[C@@H]1N1CCCC1. The lowest BCUT2D eigenvalue weighted by Gasteiger charge is -2.51. The second-order valence-electron chi connectivity index (χ2n) is 6.54. The molecule has 0 bridgehead atoms. The number of carbonyl (C=O) groups excluding carboxylic acids is 1. The monoisotopic (exact) mass is 289 g/mol. The lowest BCUT2D eigenvalue weighted by molar-refractivity contribution is -0.0747. The molecule has 5 heteroatoms. The average Bonchev–Trinajstić information content (AvgIpc) is 3.17. The van der Waals surface area contributed by atoms with Crippen molar-refractivity contribution in [3.8, 4) is 0 Å². The largest absolute Gasteiger partial charge is 0.376 e. The van der Waals surface area contributed by atoms with Crippen molar-refractivity contribution in [3.05, 3.63) is 23.5 Å². The van der Waals surface area contributed by atoms with Gasteiger partial charge < -0.3 is 15.0 Å². The number of fused-ring (bicyclic) bond motifs is 1. The first-order chi connectivity index (χ1) is 10.3. The van der Waals surface area contributed by atoms with Crippen LogP contribution in [0.3, 0.4) is 0 Å². The third-order valence-corrected chi connectivity index (χ3v) is 5.41. The molecule has 3 heterocycles. The van der Waals surface area contributed by atoms with E-state index < -0.39 is 0 Å². The summed E-state index contributed by atoms with van der Waals surface area (Å²) in [5.41, 5.74) is 1.70. The minimum atomic E-state index is 0.0493. The summed E-state index contributed by atoms with van der Waals surface area (Å²) in [5.74, 6) is 0.548. The number of carbonyl (C=O) groups is 1. The number of aromatic amines is 1. The van der Waals surface area contributed by atoms with Gasteiger partial charge in [0.2, 0.25) is 0 Å². The van der Waals surface area contributed by atoms with Gasteiger partial charge >= 0.3 is 0 Å². The topological polar surface area (TPSA) is 57.4 Å². The van der Waals surface area contributed by atoms with Gasteiger partial charge in [-0.3, -0.25) is 9.69 Å². The zero-order valence-electron chi connectivity index (χ0n) is 12.5. The van der Waals surface area contributed by atoms with E-state index in [1.807, 2.05) is 19.2 Å². The number of aromatic nitrogens is 1. The van der Waals surface area contributed by atoms with E-state index in [-0.39, 0.29) is 11.9 Å². The highest BCUT2D eigenvalue weighted by atomic mass is 16.5. The number of hydrogen-bond donors (Lipinski definition) is 2. The minimum Gasteiger partial charge on any atom is -0.376 e. The Morgan fingerprint density at radius 2 is 2.24 bits per heavy atom. The lowest BCUT2D eigenvalue weighted by atomic mass is 9.70. The van der Waals surface area contributed by atoms with E-state index in [9.17, 15) is 4.79 Å². The van der Waals surface area contributed by atoms with Crippen LogP contribution in [0.2, 0.25) is 0 Å². The fraction of sp³-hybridized carbons (Fsp3) is 0.688. The van der Waals surface area contributed by atoms with E-state index in [2.05, 4.69) is 15.2 Å².